The number of aliphatic hydroxyl groups excluding tert-OH is 1. The first-order chi connectivity index (χ1) is 9.81. The van der Waals surface area contributed by atoms with Gasteiger partial charge in [-0.2, -0.15) is 0 Å². The standard InChI is InChI=1S/C11H13F2NO6S/c12-7-1-2-8(10(13)9(7)11(16)17)21(18,19)14-3-5-20-6-4-15/h1-2,14-15H,3-6H2,(H,16,17). The fourth-order valence-electron chi connectivity index (χ4n) is 1.43. The molecule has 0 fully saturated rings. The molecule has 1 aromatic carbocycles. The van der Waals surface area contributed by atoms with Crippen molar-refractivity contribution in [3.05, 3.63) is 29.3 Å². The predicted octanol–water partition coefficient (Wildman–Crippen LogP) is -0.0498. The van der Waals surface area contributed by atoms with Gasteiger partial charge in [0, 0.05) is 6.54 Å². The Morgan fingerprint density at radius 1 is 1.29 bits per heavy atom. The second kappa shape index (κ2) is 7.41. The zero-order valence-corrected chi connectivity index (χ0v) is 11.5. The summed E-state index contributed by atoms with van der Waals surface area (Å²) in [5.41, 5.74) is -1.34. The van der Waals surface area contributed by atoms with Crippen molar-refractivity contribution >= 4 is 16.0 Å². The summed E-state index contributed by atoms with van der Waals surface area (Å²) in [6.07, 6.45) is 0. The Morgan fingerprint density at radius 2 is 1.95 bits per heavy atom. The minimum Gasteiger partial charge on any atom is -0.477 e. The average molecular weight is 325 g/mol. The van der Waals surface area contributed by atoms with E-state index in [1.54, 1.807) is 0 Å². The van der Waals surface area contributed by atoms with Gasteiger partial charge in [0.25, 0.3) is 0 Å². The second-order valence-electron chi connectivity index (χ2n) is 3.77. The Kier molecular flexibility index (Phi) is 6.15. The highest BCUT2D eigenvalue weighted by Gasteiger charge is 2.26. The van der Waals surface area contributed by atoms with Crippen LogP contribution in [-0.2, 0) is 14.8 Å². The van der Waals surface area contributed by atoms with Crippen molar-refractivity contribution in [2.24, 2.45) is 0 Å². The molecule has 21 heavy (non-hydrogen) atoms. The van der Waals surface area contributed by atoms with E-state index in [1.807, 2.05) is 4.72 Å². The number of benzene rings is 1. The lowest BCUT2D eigenvalue weighted by atomic mass is 10.2. The van der Waals surface area contributed by atoms with Crippen LogP contribution in [0, 0.1) is 11.6 Å². The molecule has 1 rings (SSSR count). The molecule has 0 saturated carbocycles. The quantitative estimate of drug-likeness (QED) is 0.578. The number of carboxylic acids is 1. The van der Waals surface area contributed by atoms with E-state index in [0.29, 0.717) is 12.1 Å². The van der Waals surface area contributed by atoms with Gasteiger partial charge in [-0.1, -0.05) is 0 Å². The molecule has 0 radical (unpaired) electrons. The molecule has 0 aromatic heterocycles. The fourth-order valence-corrected chi connectivity index (χ4v) is 2.52. The van der Waals surface area contributed by atoms with Crippen LogP contribution in [-0.4, -0.2) is 51.0 Å². The van der Waals surface area contributed by atoms with Gasteiger partial charge in [0.1, 0.15) is 16.3 Å². The van der Waals surface area contributed by atoms with Gasteiger partial charge in [0.2, 0.25) is 10.0 Å². The lowest BCUT2D eigenvalue weighted by Gasteiger charge is -2.09. The summed E-state index contributed by atoms with van der Waals surface area (Å²) in [7, 11) is -4.35. The summed E-state index contributed by atoms with van der Waals surface area (Å²) >= 11 is 0. The number of halogens is 2. The topological polar surface area (TPSA) is 113 Å². The minimum absolute atomic E-state index is 0.00972. The molecule has 0 aliphatic rings. The van der Waals surface area contributed by atoms with Gasteiger partial charge in [-0.25, -0.2) is 26.7 Å². The average Bonchev–Trinajstić information content (AvgIpc) is 2.37. The van der Waals surface area contributed by atoms with E-state index in [2.05, 4.69) is 0 Å². The van der Waals surface area contributed by atoms with E-state index >= 15 is 0 Å². The molecular weight excluding hydrogens is 312 g/mol. The predicted molar refractivity (Wildman–Crippen MR) is 66.4 cm³/mol. The molecule has 3 N–H and O–H groups in total. The molecule has 0 aliphatic carbocycles. The highest BCUT2D eigenvalue weighted by Crippen LogP contribution is 2.20. The Balaban J connectivity index is 2.94. The number of ether oxygens (including phenoxy) is 1. The molecule has 0 atom stereocenters. The molecule has 7 nitrogen and oxygen atoms in total. The summed E-state index contributed by atoms with van der Waals surface area (Å²) in [4.78, 5) is 9.75. The zero-order chi connectivity index (χ0) is 16.0. The normalized spacial score (nSPS) is 11.6. The van der Waals surface area contributed by atoms with Crippen LogP contribution in [0.15, 0.2) is 17.0 Å². The maximum absolute atomic E-state index is 13.8. The Bertz CT molecular complexity index is 619. The first-order valence-electron chi connectivity index (χ1n) is 5.71. The van der Waals surface area contributed by atoms with Crippen LogP contribution in [0.5, 0.6) is 0 Å². The number of sulfonamides is 1. The monoisotopic (exact) mass is 325 g/mol. The van der Waals surface area contributed by atoms with Crippen LogP contribution in [0.3, 0.4) is 0 Å². The van der Waals surface area contributed by atoms with Crippen molar-refractivity contribution in [2.75, 3.05) is 26.4 Å². The summed E-state index contributed by atoms with van der Waals surface area (Å²) in [6, 6.07) is 1.19. The van der Waals surface area contributed by atoms with Gasteiger partial charge in [-0.15, -0.1) is 0 Å². The first-order valence-corrected chi connectivity index (χ1v) is 7.19. The molecule has 0 unspecified atom stereocenters. The van der Waals surface area contributed by atoms with Crippen molar-refractivity contribution in [1.82, 2.24) is 4.72 Å². The van der Waals surface area contributed by atoms with E-state index in [0.717, 1.165) is 0 Å². The molecule has 0 bridgehead atoms. The third-order valence-corrected chi connectivity index (χ3v) is 3.81. The number of hydrogen-bond donors (Lipinski definition) is 3. The number of aromatic carboxylic acids is 1. The van der Waals surface area contributed by atoms with E-state index < -0.39 is 38.1 Å². The number of aliphatic hydroxyl groups is 1. The maximum atomic E-state index is 13.8. The van der Waals surface area contributed by atoms with Crippen molar-refractivity contribution in [3.8, 4) is 0 Å². The van der Waals surface area contributed by atoms with Crippen LogP contribution in [0.4, 0.5) is 8.78 Å². The number of carboxylic acid groups (broad SMARTS) is 1. The van der Waals surface area contributed by atoms with Crippen molar-refractivity contribution in [3.63, 3.8) is 0 Å². The highest BCUT2D eigenvalue weighted by molar-refractivity contribution is 7.89. The van der Waals surface area contributed by atoms with Crippen molar-refractivity contribution < 1.29 is 36.9 Å². The molecule has 10 heteroatoms. The SMILES string of the molecule is O=C(O)c1c(F)ccc(S(=O)(=O)NCCOCCO)c1F. The van der Waals surface area contributed by atoms with Crippen LogP contribution in [0.1, 0.15) is 10.4 Å². The minimum atomic E-state index is -4.35. The van der Waals surface area contributed by atoms with Crippen LogP contribution in [0.2, 0.25) is 0 Å². The summed E-state index contributed by atoms with van der Waals surface area (Å²) in [5.74, 6) is -4.95. The lowest BCUT2D eigenvalue weighted by Crippen LogP contribution is -2.29. The molecule has 1 aromatic rings. The first kappa shape index (κ1) is 17.4. The molecule has 0 saturated heterocycles. The summed E-state index contributed by atoms with van der Waals surface area (Å²) in [5, 5.41) is 17.1. The van der Waals surface area contributed by atoms with Gasteiger partial charge in [-0.05, 0) is 12.1 Å². The van der Waals surface area contributed by atoms with Crippen molar-refractivity contribution in [1.29, 1.82) is 0 Å². The largest absolute Gasteiger partial charge is 0.477 e. The second-order valence-corrected chi connectivity index (χ2v) is 5.51. The third-order valence-electron chi connectivity index (χ3n) is 2.33. The number of carbonyl (C=O) groups is 1. The zero-order valence-electron chi connectivity index (χ0n) is 10.7. The molecule has 0 amide bonds. The summed E-state index contributed by atoms with van der Waals surface area (Å²) < 4.78 is 57.4. The van der Waals surface area contributed by atoms with Crippen molar-refractivity contribution in [2.45, 2.75) is 4.90 Å². The van der Waals surface area contributed by atoms with Gasteiger partial charge < -0.3 is 14.9 Å². The fraction of sp³-hybridized carbons (Fsp3) is 0.364. The molecule has 118 valence electrons. The van der Waals surface area contributed by atoms with Crippen LogP contribution < -0.4 is 4.72 Å². The van der Waals surface area contributed by atoms with Gasteiger partial charge in [0.15, 0.2) is 5.82 Å². The van der Waals surface area contributed by atoms with E-state index in [1.165, 1.54) is 0 Å². The smallest absolute Gasteiger partial charge is 0.341 e. The maximum Gasteiger partial charge on any atom is 0.341 e. The Labute approximate surface area is 119 Å². The van der Waals surface area contributed by atoms with Gasteiger partial charge >= 0.3 is 5.97 Å². The molecule has 0 aliphatic heterocycles. The number of nitrogens with one attached hydrogen (secondary N) is 1. The van der Waals surface area contributed by atoms with Crippen LogP contribution >= 0.6 is 0 Å². The van der Waals surface area contributed by atoms with Gasteiger partial charge in [-0.3, -0.25) is 0 Å². The number of hydrogen-bond acceptors (Lipinski definition) is 5. The van der Waals surface area contributed by atoms with Crippen LogP contribution in [0.25, 0.3) is 0 Å². The van der Waals surface area contributed by atoms with E-state index in [-0.39, 0.29) is 26.4 Å². The summed E-state index contributed by atoms with van der Waals surface area (Å²) in [6.45, 7) is -0.521. The van der Waals surface area contributed by atoms with E-state index in [4.69, 9.17) is 14.9 Å². The molecular formula is C11H13F2NO6S. The number of rotatable bonds is 8. The third kappa shape index (κ3) is 4.43. The Morgan fingerprint density at radius 3 is 2.52 bits per heavy atom. The molecule has 0 spiro atoms. The Hall–Kier alpha value is -1.62. The van der Waals surface area contributed by atoms with E-state index in [9.17, 15) is 22.0 Å². The molecule has 0 heterocycles. The van der Waals surface area contributed by atoms with Gasteiger partial charge in [0.05, 0.1) is 19.8 Å². The lowest BCUT2D eigenvalue weighted by molar-refractivity contribution is 0.0685. The highest BCUT2D eigenvalue weighted by atomic mass is 32.2.